The highest BCUT2D eigenvalue weighted by molar-refractivity contribution is 6.33. The summed E-state index contributed by atoms with van der Waals surface area (Å²) in [6.45, 7) is 0.944. The lowest BCUT2D eigenvalue weighted by atomic mass is 9.89. The van der Waals surface area contributed by atoms with Gasteiger partial charge >= 0.3 is 18.2 Å². The zero-order valence-electron chi connectivity index (χ0n) is 14.4. The molecule has 0 aromatic heterocycles. The van der Waals surface area contributed by atoms with E-state index in [1.54, 1.807) is 11.4 Å². The van der Waals surface area contributed by atoms with Crippen LogP contribution in [-0.2, 0) is 15.1 Å². The van der Waals surface area contributed by atoms with Crippen molar-refractivity contribution in [1.82, 2.24) is 5.32 Å². The molecule has 2 N–H and O–H groups in total. The van der Waals surface area contributed by atoms with Gasteiger partial charge in [0.25, 0.3) is 5.54 Å². The lowest BCUT2D eigenvalue weighted by Crippen LogP contribution is -2.62. The minimum absolute atomic E-state index is 0.0284. The number of carbonyl (C=O) groups excluding carboxylic acids is 2. The smallest absolute Gasteiger partial charge is 0.426 e. The molecule has 0 heterocycles. The molecule has 0 saturated carbocycles. The van der Waals surface area contributed by atoms with Crippen LogP contribution in [0.1, 0.15) is 12.5 Å². The van der Waals surface area contributed by atoms with Gasteiger partial charge in [0.15, 0.2) is 0 Å². The number of alkyl halides is 3. The average molecular weight is 419 g/mol. The average Bonchev–Trinajstić information content (AvgIpc) is 2.61. The molecule has 2 aromatic rings. The van der Waals surface area contributed by atoms with Gasteiger partial charge in [-0.15, -0.1) is 0 Å². The first kappa shape index (κ1) is 21.5. The van der Waals surface area contributed by atoms with Crippen LogP contribution in [-0.4, -0.2) is 24.8 Å². The molecule has 2 rings (SSSR count). The van der Waals surface area contributed by atoms with Crippen molar-refractivity contribution in [1.29, 1.82) is 0 Å². The molecule has 5 nitrogen and oxygen atoms in total. The maximum absolute atomic E-state index is 14.1. The fraction of sp³-hybridized carbons (Fsp3) is 0.222. The number of urea groups is 1. The summed E-state index contributed by atoms with van der Waals surface area (Å²) in [5, 5.41) is 3.86. The van der Waals surface area contributed by atoms with Crippen molar-refractivity contribution in [3.8, 4) is 0 Å². The number of ether oxygens (including phenoxy) is 1. The molecule has 0 aliphatic heterocycles. The van der Waals surface area contributed by atoms with Crippen molar-refractivity contribution in [3.05, 3.63) is 64.9 Å². The van der Waals surface area contributed by atoms with E-state index in [9.17, 15) is 27.2 Å². The van der Waals surface area contributed by atoms with Crippen molar-refractivity contribution in [3.63, 3.8) is 0 Å². The number of anilines is 1. The highest BCUT2D eigenvalue weighted by Gasteiger charge is 2.64. The monoisotopic (exact) mass is 418 g/mol. The van der Waals surface area contributed by atoms with Gasteiger partial charge in [0.2, 0.25) is 0 Å². The molecule has 2 aromatic carbocycles. The van der Waals surface area contributed by atoms with Crippen LogP contribution in [0.4, 0.5) is 28.0 Å². The topological polar surface area (TPSA) is 67.4 Å². The van der Waals surface area contributed by atoms with E-state index in [-0.39, 0.29) is 17.3 Å². The number of benzene rings is 2. The minimum atomic E-state index is -5.30. The second kappa shape index (κ2) is 8.47. The molecule has 0 aliphatic carbocycles. The van der Waals surface area contributed by atoms with E-state index >= 15 is 0 Å². The molecule has 150 valence electrons. The number of esters is 1. The Morgan fingerprint density at radius 3 is 2.21 bits per heavy atom. The lowest BCUT2D eigenvalue weighted by Gasteiger charge is -2.34. The van der Waals surface area contributed by atoms with Crippen LogP contribution in [0.15, 0.2) is 48.5 Å². The van der Waals surface area contributed by atoms with Crippen LogP contribution in [0.5, 0.6) is 0 Å². The number of nitrogens with one attached hydrogen (secondary N) is 2. The van der Waals surface area contributed by atoms with Crippen LogP contribution >= 0.6 is 11.6 Å². The molecule has 0 bridgehead atoms. The van der Waals surface area contributed by atoms with Crippen LogP contribution in [0.2, 0.25) is 5.02 Å². The molecule has 1 atom stereocenters. The predicted octanol–water partition coefficient (Wildman–Crippen LogP) is 4.62. The molecule has 2 amide bonds. The highest BCUT2D eigenvalue weighted by Crippen LogP contribution is 2.40. The van der Waals surface area contributed by atoms with E-state index in [2.05, 4.69) is 10.1 Å². The Morgan fingerprint density at radius 1 is 1.07 bits per heavy atom. The summed E-state index contributed by atoms with van der Waals surface area (Å²) in [6, 6.07) is 7.45. The maximum atomic E-state index is 14.1. The largest absolute Gasteiger partial charge is 0.464 e. The summed E-state index contributed by atoms with van der Waals surface area (Å²) in [7, 11) is 0. The van der Waals surface area contributed by atoms with Gasteiger partial charge < -0.3 is 15.4 Å². The van der Waals surface area contributed by atoms with E-state index < -0.39 is 35.1 Å². The van der Waals surface area contributed by atoms with Gasteiger partial charge in [0, 0.05) is 0 Å². The van der Waals surface area contributed by atoms with E-state index in [0.717, 1.165) is 24.3 Å². The number of hydrogen-bond donors (Lipinski definition) is 2. The summed E-state index contributed by atoms with van der Waals surface area (Å²) >= 11 is 5.88. The molecular weight excluding hydrogens is 404 g/mol. The van der Waals surface area contributed by atoms with Crippen molar-refractivity contribution in [2.24, 2.45) is 0 Å². The fourth-order valence-electron chi connectivity index (χ4n) is 2.42. The highest BCUT2D eigenvalue weighted by atomic mass is 35.5. The third kappa shape index (κ3) is 4.36. The van der Waals surface area contributed by atoms with Crippen molar-refractivity contribution in [2.45, 2.75) is 18.6 Å². The Labute approximate surface area is 162 Å². The van der Waals surface area contributed by atoms with Crippen LogP contribution in [0.25, 0.3) is 0 Å². The summed E-state index contributed by atoms with van der Waals surface area (Å²) in [5.41, 5.74) is -4.24. The Morgan fingerprint density at radius 2 is 1.68 bits per heavy atom. The first-order valence-corrected chi connectivity index (χ1v) is 8.33. The Bertz CT molecular complexity index is 859. The number of para-hydroxylation sites is 1. The number of rotatable bonds is 5. The van der Waals surface area contributed by atoms with Crippen LogP contribution in [0.3, 0.4) is 0 Å². The molecular formula is C18H15ClF4N2O3. The SMILES string of the molecule is CCOC(=O)C(NC(=O)Nc1ccccc1Cl)(c1ccc(F)cc1)C(F)(F)F. The van der Waals surface area contributed by atoms with E-state index in [0.29, 0.717) is 0 Å². The molecule has 28 heavy (non-hydrogen) atoms. The second-order valence-corrected chi connectivity index (χ2v) is 5.94. The third-order valence-electron chi connectivity index (χ3n) is 3.71. The van der Waals surface area contributed by atoms with Crippen molar-refractivity contribution < 1.29 is 31.9 Å². The van der Waals surface area contributed by atoms with Crippen LogP contribution in [0, 0.1) is 5.82 Å². The number of hydrogen-bond acceptors (Lipinski definition) is 3. The van der Waals surface area contributed by atoms with Gasteiger partial charge in [-0.05, 0) is 36.8 Å². The second-order valence-electron chi connectivity index (χ2n) is 5.53. The van der Waals surface area contributed by atoms with Crippen LogP contribution < -0.4 is 10.6 Å². The standard InChI is InChI=1S/C18H15ClF4N2O3/c1-2-28-15(26)17(18(21,22)23,11-7-9-12(20)10-8-11)25-16(27)24-14-6-4-3-5-13(14)19/h3-10H,2H2,1H3,(H2,24,25,27). The zero-order valence-corrected chi connectivity index (χ0v) is 15.2. The van der Waals surface area contributed by atoms with Crippen molar-refractivity contribution in [2.75, 3.05) is 11.9 Å². The Hall–Kier alpha value is -2.81. The quantitative estimate of drug-likeness (QED) is 0.550. The van der Waals surface area contributed by atoms with Crippen molar-refractivity contribution >= 4 is 29.3 Å². The molecule has 0 saturated heterocycles. The van der Waals surface area contributed by atoms with Gasteiger partial charge in [-0.1, -0.05) is 35.9 Å². The summed E-state index contributed by atoms with van der Waals surface area (Å²) in [6.07, 6.45) is -5.30. The fourth-order valence-corrected chi connectivity index (χ4v) is 2.60. The zero-order chi connectivity index (χ0) is 20.9. The van der Waals surface area contributed by atoms with Gasteiger partial charge in [-0.3, -0.25) is 0 Å². The van der Waals surface area contributed by atoms with Gasteiger partial charge in [-0.25, -0.2) is 14.0 Å². The number of amides is 2. The normalized spacial score (nSPS) is 13.4. The van der Waals surface area contributed by atoms with E-state index in [1.165, 1.54) is 25.1 Å². The Balaban J connectivity index is 2.50. The van der Waals surface area contributed by atoms with Gasteiger partial charge in [0.05, 0.1) is 17.3 Å². The summed E-state index contributed by atoms with van der Waals surface area (Å²) in [4.78, 5) is 24.7. The van der Waals surface area contributed by atoms with Gasteiger partial charge in [-0.2, -0.15) is 13.2 Å². The maximum Gasteiger partial charge on any atom is 0.426 e. The molecule has 0 spiro atoms. The Kier molecular flexibility index (Phi) is 6.50. The molecule has 0 aliphatic rings. The first-order valence-electron chi connectivity index (χ1n) is 7.95. The lowest BCUT2D eigenvalue weighted by molar-refractivity contribution is -0.213. The summed E-state index contributed by atoms with van der Waals surface area (Å²) in [5.74, 6) is -2.58. The first-order chi connectivity index (χ1) is 13.1. The molecule has 10 heteroatoms. The van der Waals surface area contributed by atoms with E-state index in [1.807, 2.05) is 0 Å². The molecule has 0 radical (unpaired) electrons. The minimum Gasteiger partial charge on any atom is -0.464 e. The number of halogens is 5. The predicted molar refractivity (Wildman–Crippen MR) is 94.4 cm³/mol. The van der Waals surface area contributed by atoms with Gasteiger partial charge in [0.1, 0.15) is 5.82 Å². The summed E-state index contributed by atoms with van der Waals surface area (Å²) < 4.78 is 59.9. The van der Waals surface area contributed by atoms with E-state index in [4.69, 9.17) is 11.6 Å². The third-order valence-corrected chi connectivity index (χ3v) is 4.04. The number of carbonyl (C=O) groups is 2. The molecule has 1 unspecified atom stereocenters. The molecule has 0 fully saturated rings.